The van der Waals surface area contributed by atoms with Gasteiger partial charge in [0.25, 0.3) is 0 Å². The van der Waals surface area contributed by atoms with Crippen molar-refractivity contribution in [3.8, 4) is 0 Å². The van der Waals surface area contributed by atoms with Crippen molar-refractivity contribution in [1.82, 2.24) is 9.97 Å². The van der Waals surface area contributed by atoms with Crippen molar-refractivity contribution in [1.29, 1.82) is 0 Å². The third-order valence-corrected chi connectivity index (χ3v) is 2.36. The smallest absolute Gasteiger partial charge is 0.148 e. The third kappa shape index (κ3) is 1.04. The Labute approximate surface area is 71.8 Å². The van der Waals surface area contributed by atoms with E-state index in [9.17, 15) is 0 Å². The van der Waals surface area contributed by atoms with Crippen LogP contribution >= 0.6 is 22.9 Å². The number of aromatic nitrogens is 2. The van der Waals surface area contributed by atoms with E-state index in [-0.39, 0.29) is 0 Å². The number of thiophene rings is 1. The zero-order valence-corrected chi connectivity index (χ0v) is 6.99. The lowest BCUT2D eigenvalue weighted by molar-refractivity contribution is 1.32. The van der Waals surface area contributed by atoms with Crippen molar-refractivity contribution in [2.45, 2.75) is 0 Å². The summed E-state index contributed by atoms with van der Waals surface area (Å²) in [7, 11) is 0. The van der Waals surface area contributed by atoms with Crippen molar-refractivity contribution < 1.29 is 0 Å². The number of hydrogen-bond acceptors (Lipinski definition) is 4. The van der Waals surface area contributed by atoms with Gasteiger partial charge in [-0.1, -0.05) is 11.6 Å². The van der Waals surface area contributed by atoms with Gasteiger partial charge in [0.05, 0.1) is 11.9 Å². The highest BCUT2D eigenvalue weighted by atomic mass is 35.5. The summed E-state index contributed by atoms with van der Waals surface area (Å²) in [4.78, 5) is 8.90. The molecule has 2 rings (SSSR count). The van der Waals surface area contributed by atoms with Gasteiger partial charge in [0.1, 0.15) is 15.5 Å². The third-order valence-electron chi connectivity index (χ3n) is 1.28. The second-order valence-electron chi connectivity index (χ2n) is 2.04. The number of nitrogens with zero attached hydrogens (tertiary/aromatic N) is 2. The topological polar surface area (TPSA) is 51.8 Å². The van der Waals surface area contributed by atoms with Gasteiger partial charge in [0.2, 0.25) is 0 Å². The Bertz CT molecular complexity index is 398. The minimum atomic E-state index is 0.377. The molecule has 0 aliphatic heterocycles. The highest BCUT2D eigenvalue weighted by Crippen LogP contribution is 2.24. The van der Waals surface area contributed by atoms with Crippen LogP contribution in [-0.4, -0.2) is 9.97 Å². The molecule has 0 aliphatic rings. The monoisotopic (exact) mass is 185 g/mol. The molecule has 2 heterocycles. The summed E-state index contributed by atoms with van der Waals surface area (Å²) in [6, 6.07) is 0. The Morgan fingerprint density at radius 2 is 2.36 bits per heavy atom. The van der Waals surface area contributed by atoms with Crippen LogP contribution < -0.4 is 5.73 Å². The first-order valence-electron chi connectivity index (χ1n) is 2.92. The zero-order chi connectivity index (χ0) is 7.84. The lowest BCUT2D eigenvalue weighted by Crippen LogP contribution is -1.85. The summed E-state index contributed by atoms with van der Waals surface area (Å²) in [6.07, 6.45) is 1.51. The molecule has 0 amide bonds. The first-order chi connectivity index (χ1) is 5.27. The molecule has 2 N–H and O–H groups in total. The van der Waals surface area contributed by atoms with E-state index in [0.717, 1.165) is 4.83 Å². The molecular formula is C6H4ClN3S. The summed E-state index contributed by atoms with van der Waals surface area (Å²) < 4.78 is 0. The van der Waals surface area contributed by atoms with Crippen LogP contribution in [0, 0.1) is 0 Å². The number of rotatable bonds is 0. The fourth-order valence-electron chi connectivity index (χ4n) is 0.806. The largest absolute Gasteiger partial charge is 0.396 e. The first-order valence-corrected chi connectivity index (χ1v) is 4.18. The summed E-state index contributed by atoms with van der Waals surface area (Å²) >= 11 is 7.09. The molecule has 56 valence electrons. The molecule has 2 aromatic rings. The van der Waals surface area contributed by atoms with Gasteiger partial charge in [-0.05, 0) is 0 Å². The Hall–Kier alpha value is -0.870. The van der Waals surface area contributed by atoms with Crippen molar-refractivity contribution in [2.75, 3.05) is 5.73 Å². The maximum absolute atomic E-state index is 5.62. The van der Waals surface area contributed by atoms with Gasteiger partial charge in [-0.25, -0.2) is 9.97 Å². The van der Waals surface area contributed by atoms with Gasteiger partial charge in [-0.2, -0.15) is 0 Å². The van der Waals surface area contributed by atoms with Crippen LogP contribution in [0.4, 0.5) is 5.69 Å². The van der Waals surface area contributed by atoms with Crippen LogP contribution in [0.2, 0.25) is 5.15 Å². The van der Waals surface area contributed by atoms with Crippen LogP contribution in [0.5, 0.6) is 0 Å². The van der Waals surface area contributed by atoms with E-state index in [4.69, 9.17) is 17.3 Å². The van der Waals surface area contributed by atoms with Gasteiger partial charge >= 0.3 is 0 Å². The average molecular weight is 186 g/mol. The fourth-order valence-corrected chi connectivity index (χ4v) is 1.68. The Morgan fingerprint density at radius 1 is 1.55 bits per heavy atom. The Morgan fingerprint density at radius 3 is 3.18 bits per heavy atom. The van der Waals surface area contributed by atoms with Crippen LogP contribution in [-0.2, 0) is 0 Å². The lowest BCUT2D eigenvalue weighted by Gasteiger charge is -1.89. The molecule has 3 nitrogen and oxygen atoms in total. The van der Waals surface area contributed by atoms with Crippen LogP contribution in [0.1, 0.15) is 0 Å². The van der Waals surface area contributed by atoms with Crippen LogP contribution in [0.15, 0.2) is 11.6 Å². The van der Waals surface area contributed by atoms with Crippen molar-refractivity contribution >= 4 is 39.0 Å². The Kier molecular flexibility index (Phi) is 1.44. The minimum Gasteiger partial charge on any atom is -0.396 e. The fraction of sp³-hybridized carbons (Fsp3) is 0. The highest BCUT2D eigenvalue weighted by Gasteiger charge is 2.02. The van der Waals surface area contributed by atoms with Gasteiger partial charge in [0, 0.05) is 5.38 Å². The Balaban J connectivity index is 2.87. The molecular weight excluding hydrogens is 182 g/mol. The van der Waals surface area contributed by atoms with E-state index in [0.29, 0.717) is 16.4 Å². The standard InChI is InChI=1S/C6H4ClN3S/c7-4-1-9-6-5(10-4)3(8)2-11-6/h1-2H,8H2. The van der Waals surface area contributed by atoms with Gasteiger partial charge in [-0.3, -0.25) is 0 Å². The normalized spacial score (nSPS) is 10.6. The van der Waals surface area contributed by atoms with E-state index in [1.54, 1.807) is 5.38 Å². The van der Waals surface area contributed by atoms with Crippen molar-refractivity contribution in [2.24, 2.45) is 0 Å². The van der Waals surface area contributed by atoms with E-state index < -0.39 is 0 Å². The molecule has 0 aromatic carbocycles. The number of hydrogen-bond donors (Lipinski definition) is 1. The number of anilines is 1. The van der Waals surface area contributed by atoms with E-state index in [1.807, 2.05) is 0 Å². The molecule has 5 heteroatoms. The van der Waals surface area contributed by atoms with Crippen molar-refractivity contribution in [3.05, 3.63) is 16.7 Å². The second-order valence-corrected chi connectivity index (χ2v) is 3.28. The summed E-state index contributed by atoms with van der Waals surface area (Å²) in [6.45, 7) is 0. The molecule has 0 atom stereocenters. The number of nitrogens with two attached hydrogens (primary N) is 1. The molecule has 0 spiro atoms. The summed E-state index contributed by atoms with van der Waals surface area (Å²) in [5.74, 6) is 0. The summed E-state index contributed by atoms with van der Waals surface area (Å²) in [5, 5.41) is 2.18. The van der Waals surface area contributed by atoms with Crippen LogP contribution in [0.3, 0.4) is 0 Å². The maximum Gasteiger partial charge on any atom is 0.148 e. The second kappa shape index (κ2) is 2.32. The number of halogens is 1. The van der Waals surface area contributed by atoms with Crippen LogP contribution in [0.25, 0.3) is 10.3 Å². The molecule has 11 heavy (non-hydrogen) atoms. The predicted octanol–water partition coefficient (Wildman–Crippen LogP) is 1.93. The van der Waals surface area contributed by atoms with E-state index in [1.165, 1.54) is 17.5 Å². The zero-order valence-electron chi connectivity index (χ0n) is 5.41. The predicted molar refractivity (Wildman–Crippen MR) is 46.8 cm³/mol. The minimum absolute atomic E-state index is 0.377. The van der Waals surface area contributed by atoms with Gasteiger partial charge < -0.3 is 5.73 Å². The average Bonchev–Trinajstić information content (AvgIpc) is 2.33. The molecule has 0 bridgehead atoms. The molecule has 2 aromatic heterocycles. The highest BCUT2D eigenvalue weighted by molar-refractivity contribution is 7.17. The van der Waals surface area contributed by atoms with Gasteiger partial charge in [-0.15, -0.1) is 11.3 Å². The number of nitrogen functional groups attached to an aromatic ring is 1. The molecule has 0 unspecified atom stereocenters. The molecule has 0 fully saturated rings. The quantitative estimate of drug-likeness (QED) is 0.683. The molecule has 0 aliphatic carbocycles. The first kappa shape index (κ1) is 6.82. The lowest BCUT2D eigenvalue weighted by atomic mass is 10.5. The van der Waals surface area contributed by atoms with Gasteiger partial charge in [0.15, 0.2) is 0 Å². The maximum atomic E-state index is 5.62. The summed E-state index contributed by atoms with van der Waals surface area (Å²) in [5.41, 5.74) is 6.93. The number of fused-ring (bicyclic) bond motifs is 1. The van der Waals surface area contributed by atoms with E-state index in [2.05, 4.69) is 9.97 Å². The van der Waals surface area contributed by atoms with E-state index >= 15 is 0 Å². The van der Waals surface area contributed by atoms with Crippen molar-refractivity contribution in [3.63, 3.8) is 0 Å². The SMILES string of the molecule is Nc1csc2ncc(Cl)nc12. The molecule has 0 saturated heterocycles. The molecule has 0 radical (unpaired) electrons. The molecule has 0 saturated carbocycles.